The largest absolute Gasteiger partial charge is 0.296 e. The molecule has 2 amide bonds. The molecule has 17 heavy (non-hydrogen) atoms. The summed E-state index contributed by atoms with van der Waals surface area (Å²) in [7, 11) is 0. The first-order chi connectivity index (χ1) is 7.90. The first kappa shape index (κ1) is 12.3. The predicted octanol–water partition coefficient (Wildman–Crippen LogP) is 2.61. The normalized spacial score (nSPS) is 23.4. The lowest BCUT2D eigenvalue weighted by Gasteiger charge is -2.37. The van der Waals surface area contributed by atoms with Gasteiger partial charge in [-0.2, -0.15) is 0 Å². The van der Waals surface area contributed by atoms with Gasteiger partial charge in [-0.25, -0.2) is 0 Å². The van der Waals surface area contributed by atoms with Crippen LogP contribution < -0.4 is 5.32 Å². The fraction of sp³-hybridized carbons (Fsp3) is 0.385. The highest BCUT2D eigenvalue weighted by Gasteiger charge is 2.42. The standard InChI is InChI=1S/C13H14BrNO2/c1-13(2)7-10(16)15-12(17)11(13)8-4-3-5-9(14)6-8/h3-6,11H,7H2,1-2H3,(H,15,16,17). The molecule has 1 aromatic carbocycles. The van der Waals surface area contributed by atoms with Crippen LogP contribution in [0.5, 0.6) is 0 Å². The van der Waals surface area contributed by atoms with Gasteiger partial charge in [0.1, 0.15) is 0 Å². The first-order valence-electron chi connectivity index (χ1n) is 5.49. The van der Waals surface area contributed by atoms with Crippen LogP contribution in [0.2, 0.25) is 0 Å². The lowest BCUT2D eigenvalue weighted by Crippen LogP contribution is -2.48. The first-order valence-corrected chi connectivity index (χ1v) is 6.28. The summed E-state index contributed by atoms with van der Waals surface area (Å²) in [4.78, 5) is 23.4. The van der Waals surface area contributed by atoms with Crippen molar-refractivity contribution in [3.63, 3.8) is 0 Å². The molecule has 1 saturated heterocycles. The number of carbonyl (C=O) groups excluding carboxylic acids is 2. The molecule has 1 aliphatic heterocycles. The van der Waals surface area contributed by atoms with Crippen molar-refractivity contribution in [1.82, 2.24) is 5.32 Å². The molecule has 1 fully saturated rings. The topological polar surface area (TPSA) is 46.2 Å². The van der Waals surface area contributed by atoms with Crippen molar-refractivity contribution in [3.05, 3.63) is 34.3 Å². The third kappa shape index (κ3) is 2.41. The van der Waals surface area contributed by atoms with E-state index in [0.29, 0.717) is 6.42 Å². The highest BCUT2D eigenvalue weighted by molar-refractivity contribution is 9.10. The lowest BCUT2D eigenvalue weighted by atomic mass is 9.70. The van der Waals surface area contributed by atoms with Crippen molar-refractivity contribution in [1.29, 1.82) is 0 Å². The van der Waals surface area contributed by atoms with Gasteiger partial charge >= 0.3 is 0 Å². The number of benzene rings is 1. The quantitative estimate of drug-likeness (QED) is 0.810. The van der Waals surface area contributed by atoms with Crippen molar-refractivity contribution in [3.8, 4) is 0 Å². The minimum Gasteiger partial charge on any atom is -0.296 e. The van der Waals surface area contributed by atoms with Crippen LogP contribution in [0, 0.1) is 5.41 Å². The lowest BCUT2D eigenvalue weighted by molar-refractivity contribution is -0.138. The minimum absolute atomic E-state index is 0.189. The zero-order valence-electron chi connectivity index (χ0n) is 9.79. The minimum atomic E-state index is -0.347. The third-order valence-electron chi connectivity index (χ3n) is 3.10. The number of rotatable bonds is 1. The molecule has 1 aliphatic rings. The third-order valence-corrected chi connectivity index (χ3v) is 3.60. The highest BCUT2D eigenvalue weighted by atomic mass is 79.9. The molecule has 0 bridgehead atoms. The fourth-order valence-electron chi connectivity index (χ4n) is 2.41. The van der Waals surface area contributed by atoms with Gasteiger partial charge < -0.3 is 0 Å². The molecule has 1 N–H and O–H groups in total. The molecule has 0 spiro atoms. The summed E-state index contributed by atoms with van der Waals surface area (Å²) in [5, 5.41) is 2.41. The molecule has 3 nitrogen and oxygen atoms in total. The van der Waals surface area contributed by atoms with Crippen LogP contribution in [0.4, 0.5) is 0 Å². The monoisotopic (exact) mass is 295 g/mol. The summed E-state index contributed by atoms with van der Waals surface area (Å²) >= 11 is 3.40. The van der Waals surface area contributed by atoms with Crippen molar-refractivity contribution < 1.29 is 9.59 Å². The van der Waals surface area contributed by atoms with Gasteiger partial charge in [0.15, 0.2) is 0 Å². The van der Waals surface area contributed by atoms with Crippen molar-refractivity contribution in [2.45, 2.75) is 26.2 Å². The Bertz CT molecular complexity index is 482. The van der Waals surface area contributed by atoms with Gasteiger partial charge in [-0.05, 0) is 23.1 Å². The van der Waals surface area contributed by atoms with E-state index in [1.807, 2.05) is 38.1 Å². The van der Waals surface area contributed by atoms with Gasteiger partial charge in [-0.3, -0.25) is 14.9 Å². The number of hydrogen-bond donors (Lipinski definition) is 1. The number of nitrogens with one attached hydrogen (secondary N) is 1. The van der Waals surface area contributed by atoms with Gasteiger partial charge in [0, 0.05) is 10.9 Å². The van der Waals surface area contributed by atoms with E-state index in [9.17, 15) is 9.59 Å². The van der Waals surface area contributed by atoms with Crippen molar-refractivity contribution in [2.24, 2.45) is 5.41 Å². The van der Waals surface area contributed by atoms with Crippen LogP contribution in [0.1, 0.15) is 31.7 Å². The molecule has 0 aliphatic carbocycles. The zero-order valence-corrected chi connectivity index (χ0v) is 11.4. The van der Waals surface area contributed by atoms with Gasteiger partial charge in [0.2, 0.25) is 11.8 Å². The maximum atomic E-state index is 12.0. The van der Waals surface area contributed by atoms with Gasteiger partial charge in [0.05, 0.1) is 5.92 Å². The Balaban J connectivity index is 2.42. The Kier molecular flexibility index (Phi) is 3.08. The Morgan fingerprint density at radius 3 is 2.65 bits per heavy atom. The number of amides is 2. The van der Waals surface area contributed by atoms with E-state index in [1.54, 1.807) is 0 Å². The number of halogens is 1. The van der Waals surface area contributed by atoms with E-state index in [1.165, 1.54) is 0 Å². The van der Waals surface area contributed by atoms with Crippen LogP contribution in [-0.4, -0.2) is 11.8 Å². The second-order valence-electron chi connectivity index (χ2n) is 5.07. The molecule has 4 heteroatoms. The summed E-state index contributed by atoms with van der Waals surface area (Å²) in [6, 6.07) is 7.68. The number of carbonyl (C=O) groups is 2. The number of imide groups is 1. The molecule has 90 valence electrons. The van der Waals surface area contributed by atoms with Gasteiger partial charge in [-0.1, -0.05) is 41.9 Å². The van der Waals surface area contributed by atoms with Crippen LogP contribution in [-0.2, 0) is 9.59 Å². The molecule has 0 aromatic heterocycles. The maximum absolute atomic E-state index is 12.0. The maximum Gasteiger partial charge on any atom is 0.234 e. The fourth-order valence-corrected chi connectivity index (χ4v) is 2.83. The van der Waals surface area contributed by atoms with Crippen molar-refractivity contribution >= 4 is 27.7 Å². The van der Waals surface area contributed by atoms with E-state index < -0.39 is 0 Å². The van der Waals surface area contributed by atoms with E-state index in [4.69, 9.17) is 0 Å². The predicted molar refractivity (Wildman–Crippen MR) is 68.4 cm³/mol. The summed E-state index contributed by atoms with van der Waals surface area (Å²) in [5.41, 5.74) is 0.592. The molecule has 1 atom stereocenters. The molecular weight excluding hydrogens is 282 g/mol. The Hall–Kier alpha value is -1.16. The van der Waals surface area contributed by atoms with Crippen LogP contribution >= 0.6 is 15.9 Å². The molecule has 1 heterocycles. The molecule has 2 rings (SSSR count). The SMILES string of the molecule is CC1(C)CC(=O)NC(=O)C1c1cccc(Br)c1. The molecule has 0 saturated carbocycles. The van der Waals surface area contributed by atoms with Gasteiger partial charge in [0.25, 0.3) is 0 Å². The zero-order chi connectivity index (χ0) is 12.6. The smallest absolute Gasteiger partial charge is 0.234 e. The number of piperidine rings is 1. The summed E-state index contributed by atoms with van der Waals surface area (Å²) in [6.45, 7) is 3.91. The highest BCUT2D eigenvalue weighted by Crippen LogP contribution is 2.41. The summed E-state index contributed by atoms with van der Waals surface area (Å²) in [6.07, 6.45) is 0.371. The van der Waals surface area contributed by atoms with E-state index in [0.717, 1.165) is 10.0 Å². The van der Waals surface area contributed by atoms with E-state index >= 15 is 0 Å². The summed E-state index contributed by atoms with van der Waals surface area (Å²) in [5.74, 6) is -0.673. The molecule has 1 aromatic rings. The van der Waals surface area contributed by atoms with Crippen molar-refractivity contribution in [2.75, 3.05) is 0 Å². The molecular formula is C13H14BrNO2. The second-order valence-corrected chi connectivity index (χ2v) is 5.98. The molecule has 0 radical (unpaired) electrons. The van der Waals surface area contributed by atoms with Crippen LogP contribution in [0.3, 0.4) is 0 Å². The summed E-state index contributed by atoms with van der Waals surface area (Å²) < 4.78 is 0.940. The Morgan fingerprint density at radius 2 is 2.06 bits per heavy atom. The van der Waals surface area contributed by atoms with Crippen LogP contribution in [0.25, 0.3) is 0 Å². The van der Waals surface area contributed by atoms with Crippen LogP contribution in [0.15, 0.2) is 28.7 Å². The number of hydrogen-bond acceptors (Lipinski definition) is 2. The van der Waals surface area contributed by atoms with E-state index in [-0.39, 0.29) is 23.1 Å². The van der Waals surface area contributed by atoms with E-state index in [2.05, 4.69) is 21.2 Å². The molecule has 1 unspecified atom stereocenters. The Morgan fingerprint density at radius 1 is 1.35 bits per heavy atom. The Labute approximate surface area is 109 Å². The average molecular weight is 296 g/mol. The second kappa shape index (κ2) is 4.26. The average Bonchev–Trinajstić information content (AvgIpc) is 2.13. The van der Waals surface area contributed by atoms with Gasteiger partial charge in [-0.15, -0.1) is 0 Å².